The maximum Gasteiger partial charge on any atom is 0.182 e. The Labute approximate surface area is 127 Å². The summed E-state index contributed by atoms with van der Waals surface area (Å²) in [5.74, 6) is 1.76. The first-order valence-electron chi connectivity index (χ1n) is 7.53. The van der Waals surface area contributed by atoms with Crippen LogP contribution in [-0.4, -0.2) is 30.5 Å². The molecule has 2 rings (SSSR count). The number of nitrogens with zero attached hydrogens (tertiary/aromatic N) is 2. The Bertz CT molecular complexity index is 603. The molecule has 1 fully saturated rings. The van der Waals surface area contributed by atoms with E-state index in [0.29, 0.717) is 24.2 Å². The fraction of sp³-hybridized carbons (Fsp3) is 0.786. The average Bonchev–Trinajstić information content (AvgIpc) is 3.11. The van der Waals surface area contributed by atoms with E-state index in [0.717, 1.165) is 6.42 Å². The van der Waals surface area contributed by atoms with E-state index in [1.807, 2.05) is 0 Å². The first-order chi connectivity index (χ1) is 9.70. The van der Waals surface area contributed by atoms with Crippen LogP contribution in [0.4, 0.5) is 11.6 Å². The molecule has 0 spiro atoms. The molecule has 1 heterocycles. The van der Waals surface area contributed by atoms with Crippen molar-refractivity contribution in [3.63, 3.8) is 0 Å². The summed E-state index contributed by atoms with van der Waals surface area (Å²) in [7, 11) is -3.40. The second-order valence-electron chi connectivity index (χ2n) is 6.51. The predicted molar refractivity (Wildman–Crippen MR) is 85.0 cm³/mol. The van der Waals surface area contributed by atoms with Crippen molar-refractivity contribution in [2.45, 2.75) is 57.5 Å². The normalized spacial score (nSPS) is 17.2. The molecule has 1 saturated carbocycles. The molecule has 3 N–H and O–H groups in total. The van der Waals surface area contributed by atoms with Gasteiger partial charge in [0.25, 0.3) is 0 Å². The number of hydrogen-bond acceptors (Lipinski definition) is 5. The van der Waals surface area contributed by atoms with Crippen LogP contribution >= 0.6 is 0 Å². The van der Waals surface area contributed by atoms with E-state index in [1.165, 1.54) is 19.1 Å². The maximum absolute atomic E-state index is 12.0. The predicted octanol–water partition coefficient (Wildman–Crippen LogP) is 2.13. The van der Waals surface area contributed by atoms with E-state index >= 15 is 0 Å². The third-order valence-electron chi connectivity index (χ3n) is 3.93. The standard InChI is InChI=1S/C14H26N4O2S/c1-9(2)7-8-18-13(15)12(21(4,19)20)14(17-18)16-10(3)11-5-6-11/h9-11H,5-8,15H2,1-4H3,(H,16,17). The quantitative estimate of drug-likeness (QED) is 0.804. The Balaban J connectivity index is 2.30. The Kier molecular flexibility index (Phi) is 4.51. The molecule has 1 unspecified atom stereocenters. The summed E-state index contributed by atoms with van der Waals surface area (Å²) in [6.07, 6.45) is 4.46. The average molecular weight is 314 g/mol. The number of nitrogens with one attached hydrogen (secondary N) is 1. The summed E-state index contributed by atoms with van der Waals surface area (Å²) < 4.78 is 25.6. The number of nitrogen functional groups attached to an aromatic ring is 1. The van der Waals surface area contributed by atoms with Gasteiger partial charge in [-0.2, -0.15) is 5.10 Å². The summed E-state index contributed by atoms with van der Waals surface area (Å²) in [4.78, 5) is 0.138. The van der Waals surface area contributed by atoms with Crippen molar-refractivity contribution >= 4 is 21.5 Å². The van der Waals surface area contributed by atoms with Gasteiger partial charge in [-0.3, -0.25) is 0 Å². The molecular weight excluding hydrogens is 288 g/mol. The zero-order chi connectivity index (χ0) is 15.8. The fourth-order valence-corrected chi connectivity index (χ4v) is 3.34. The largest absolute Gasteiger partial charge is 0.383 e. The molecule has 21 heavy (non-hydrogen) atoms. The van der Waals surface area contributed by atoms with Crippen LogP contribution in [-0.2, 0) is 16.4 Å². The van der Waals surface area contributed by atoms with Crippen LogP contribution in [0.3, 0.4) is 0 Å². The molecule has 0 bridgehead atoms. The number of sulfone groups is 1. The summed E-state index contributed by atoms with van der Waals surface area (Å²) >= 11 is 0. The second-order valence-corrected chi connectivity index (χ2v) is 8.46. The number of aryl methyl sites for hydroxylation is 1. The van der Waals surface area contributed by atoms with Gasteiger partial charge in [0.2, 0.25) is 0 Å². The zero-order valence-electron chi connectivity index (χ0n) is 13.3. The zero-order valence-corrected chi connectivity index (χ0v) is 14.1. The van der Waals surface area contributed by atoms with E-state index in [2.05, 4.69) is 31.2 Å². The molecule has 120 valence electrons. The monoisotopic (exact) mass is 314 g/mol. The molecule has 6 nitrogen and oxygen atoms in total. The molecule has 1 aliphatic rings. The van der Waals surface area contributed by atoms with E-state index < -0.39 is 9.84 Å². The van der Waals surface area contributed by atoms with Crippen molar-refractivity contribution in [3.8, 4) is 0 Å². The van der Waals surface area contributed by atoms with Crippen molar-refractivity contribution in [1.29, 1.82) is 0 Å². The number of hydrogen-bond donors (Lipinski definition) is 2. The molecule has 0 amide bonds. The molecule has 1 aromatic rings. The van der Waals surface area contributed by atoms with Crippen LogP contribution in [0.25, 0.3) is 0 Å². The third-order valence-corrected chi connectivity index (χ3v) is 5.07. The Morgan fingerprint density at radius 3 is 2.48 bits per heavy atom. The van der Waals surface area contributed by atoms with Crippen LogP contribution in [0.2, 0.25) is 0 Å². The van der Waals surface area contributed by atoms with Gasteiger partial charge < -0.3 is 11.1 Å². The van der Waals surface area contributed by atoms with Crippen LogP contribution in [0.15, 0.2) is 4.90 Å². The lowest BCUT2D eigenvalue weighted by atomic mass is 10.1. The first kappa shape index (κ1) is 16.1. The van der Waals surface area contributed by atoms with E-state index in [9.17, 15) is 8.42 Å². The minimum Gasteiger partial charge on any atom is -0.383 e. The smallest absolute Gasteiger partial charge is 0.182 e. The molecule has 7 heteroatoms. The Morgan fingerprint density at radius 1 is 1.38 bits per heavy atom. The number of rotatable bonds is 7. The van der Waals surface area contributed by atoms with Gasteiger partial charge in [-0.15, -0.1) is 0 Å². The Hall–Kier alpha value is -1.24. The van der Waals surface area contributed by atoms with Gasteiger partial charge in [0.1, 0.15) is 5.82 Å². The Morgan fingerprint density at radius 2 is 2.00 bits per heavy atom. The highest BCUT2D eigenvalue weighted by Crippen LogP contribution is 2.36. The van der Waals surface area contributed by atoms with Gasteiger partial charge in [0.05, 0.1) is 0 Å². The van der Waals surface area contributed by atoms with Crippen molar-refractivity contribution in [2.75, 3.05) is 17.3 Å². The van der Waals surface area contributed by atoms with Crippen molar-refractivity contribution < 1.29 is 8.42 Å². The highest BCUT2D eigenvalue weighted by Gasteiger charge is 2.31. The molecule has 0 aliphatic heterocycles. The fourth-order valence-electron chi connectivity index (χ4n) is 2.40. The van der Waals surface area contributed by atoms with Crippen LogP contribution in [0.1, 0.15) is 40.0 Å². The molecule has 1 atom stereocenters. The van der Waals surface area contributed by atoms with Crippen LogP contribution < -0.4 is 11.1 Å². The van der Waals surface area contributed by atoms with Crippen LogP contribution in [0, 0.1) is 11.8 Å². The maximum atomic E-state index is 12.0. The second kappa shape index (κ2) is 5.87. The summed E-state index contributed by atoms with van der Waals surface area (Å²) in [6, 6.07) is 0.221. The number of anilines is 2. The minimum atomic E-state index is -3.40. The topological polar surface area (TPSA) is 90.0 Å². The molecule has 0 saturated heterocycles. The van der Waals surface area contributed by atoms with Gasteiger partial charge >= 0.3 is 0 Å². The summed E-state index contributed by atoms with van der Waals surface area (Å²) in [6.45, 7) is 6.93. The molecule has 0 radical (unpaired) electrons. The molecule has 1 aliphatic carbocycles. The van der Waals surface area contributed by atoms with Crippen LogP contribution in [0.5, 0.6) is 0 Å². The highest BCUT2D eigenvalue weighted by molar-refractivity contribution is 7.91. The lowest BCUT2D eigenvalue weighted by molar-refractivity contribution is 0.491. The van der Waals surface area contributed by atoms with Crippen molar-refractivity contribution in [3.05, 3.63) is 0 Å². The lowest BCUT2D eigenvalue weighted by Crippen LogP contribution is -2.19. The van der Waals surface area contributed by atoms with E-state index in [4.69, 9.17) is 5.73 Å². The highest BCUT2D eigenvalue weighted by atomic mass is 32.2. The van der Waals surface area contributed by atoms with Gasteiger partial charge in [-0.25, -0.2) is 13.1 Å². The number of nitrogens with two attached hydrogens (primary N) is 1. The van der Waals surface area contributed by atoms with Crippen molar-refractivity contribution in [1.82, 2.24) is 9.78 Å². The van der Waals surface area contributed by atoms with Crippen molar-refractivity contribution in [2.24, 2.45) is 11.8 Å². The van der Waals surface area contributed by atoms with Gasteiger partial charge in [-0.05, 0) is 38.0 Å². The molecule has 1 aromatic heterocycles. The molecular formula is C14H26N4O2S. The van der Waals surface area contributed by atoms with Gasteiger partial charge in [0.15, 0.2) is 20.6 Å². The lowest BCUT2D eigenvalue weighted by Gasteiger charge is -2.12. The summed E-state index contributed by atoms with van der Waals surface area (Å²) in [5, 5.41) is 7.64. The summed E-state index contributed by atoms with van der Waals surface area (Å²) in [5.41, 5.74) is 6.03. The molecule has 0 aromatic carbocycles. The van der Waals surface area contributed by atoms with Gasteiger partial charge in [-0.1, -0.05) is 13.8 Å². The SMILES string of the molecule is CC(C)CCn1nc(NC(C)C2CC2)c(S(C)(=O)=O)c1N. The van der Waals surface area contributed by atoms with Gasteiger partial charge in [0, 0.05) is 18.8 Å². The van der Waals surface area contributed by atoms with E-state index in [1.54, 1.807) is 4.68 Å². The first-order valence-corrected chi connectivity index (χ1v) is 9.42. The van der Waals surface area contributed by atoms with E-state index in [-0.39, 0.29) is 16.8 Å². The number of aromatic nitrogens is 2. The minimum absolute atomic E-state index is 0.138. The third kappa shape index (κ3) is 3.90.